The van der Waals surface area contributed by atoms with Crippen LogP contribution in [0.3, 0.4) is 0 Å². The highest BCUT2D eigenvalue weighted by molar-refractivity contribution is 5.33. The topological polar surface area (TPSA) is 9.23 Å². The van der Waals surface area contributed by atoms with Crippen LogP contribution in [-0.2, 0) is 6.42 Å². The molecule has 1 nitrogen and oxygen atoms in total. The number of rotatable bonds is 4. The first-order valence-corrected chi connectivity index (χ1v) is 4.63. The predicted molar refractivity (Wildman–Crippen MR) is 52.1 cm³/mol. The van der Waals surface area contributed by atoms with E-state index in [1.165, 1.54) is 0 Å². The van der Waals surface area contributed by atoms with Gasteiger partial charge in [-0.3, -0.25) is 0 Å². The summed E-state index contributed by atoms with van der Waals surface area (Å²) in [6, 6.07) is 5.59. The SMILES string of the molecule is CCc1cc(C)cc(OCC(F)F)c1. The normalized spacial score (nSPS) is 10.6. The third-order valence-corrected chi connectivity index (χ3v) is 1.89. The molecule has 14 heavy (non-hydrogen) atoms. The number of hydrogen-bond acceptors (Lipinski definition) is 1. The molecule has 0 heterocycles. The summed E-state index contributed by atoms with van der Waals surface area (Å²) >= 11 is 0. The van der Waals surface area contributed by atoms with Gasteiger partial charge in [-0.2, -0.15) is 0 Å². The van der Waals surface area contributed by atoms with Crippen molar-refractivity contribution in [2.24, 2.45) is 0 Å². The summed E-state index contributed by atoms with van der Waals surface area (Å²) in [6.07, 6.45) is -1.53. The van der Waals surface area contributed by atoms with Gasteiger partial charge in [0.05, 0.1) is 0 Å². The number of halogens is 2. The molecule has 0 aromatic heterocycles. The zero-order valence-corrected chi connectivity index (χ0v) is 8.39. The van der Waals surface area contributed by atoms with Crippen LogP contribution in [0.2, 0.25) is 0 Å². The van der Waals surface area contributed by atoms with Crippen molar-refractivity contribution < 1.29 is 13.5 Å². The number of hydrogen-bond donors (Lipinski definition) is 0. The second-order valence-corrected chi connectivity index (χ2v) is 3.21. The van der Waals surface area contributed by atoms with Crippen LogP contribution in [0.1, 0.15) is 18.1 Å². The molecule has 1 aromatic rings. The summed E-state index contributed by atoms with van der Waals surface area (Å²) in [5, 5.41) is 0. The summed E-state index contributed by atoms with van der Waals surface area (Å²) < 4.78 is 28.7. The predicted octanol–water partition coefficient (Wildman–Crippen LogP) is 3.20. The lowest BCUT2D eigenvalue weighted by Crippen LogP contribution is -2.07. The zero-order valence-electron chi connectivity index (χ0n) is 8.39. The van der Waals surface area contributed by atoms with Gasteiger partial charge in [-0.05, 0) is 36.6 Å². The highest BCUT2D eigenvalue weighted by atomic mass is 19.3. The highest BCUT2D eigenvalue weighted by Crippen LogP contribution is 2.17. The van der Waals surface area contributed by atoms with Gasteiger partial charge < -0.3 is 4.74 Å². The number of alkyl halides is 2. The molecule has 78 valence electrons. The van der Waals surface area contributed by atoms with E-state index in [1.807, 2.05) is 19.9 Å². The molecular formula is C11H14F2O. The summed E-state index contributed by atoms with van der Waals surface area (Å²) in [4.78, 5) is 0. The van der Waals surface area contributed by atoms with E-state index in [-0.39, 0.29) is 0 Å². The van der Waals surface area contributed by atoms with Crippen LogP contribution < -0.4 is 4.74 Å². The fourth-order valence-electron chi connectivity index (χ4n) is 1.27. The van der Waals surface area contributed by atoms with Crippen molar-refractivity contribution in [1.82, 2.24) is 0 Å². The standard InChI is InChI=1S/C11H14F2O/c1-3-9-4-8(2)5-10(6-9)14-7-11(12)13/h4-6,11H,3,7H2,1-2H3. The minimum atomic E-state index is -2.42. The van der Waals surface area contributed by atoms with Crippen LogP contribution in [0.15, 0.2) is 18.2 Å². The quantitative estimate of drug-likeness (QED) is 0.725. The molecule has 0 fully saturated rings. The van der Waals surface area contributed by atoms with Crippen LogP contribution in [-0.4, -0.2) is 13.0 Å². The van der Waals surface area contributed by atoms with Crippen LogP contribution in [0.4, 0.5) is 8.78 Å². The van der Waals surface area contributed by atoms with Gasteiger partial charge in [-0.15, -0.1) is 0 Å². The number of ether oxygens (including phenoxy) is 1. The summed E-state index contributed by atoms with van der Waals surface area (Å²) in [7, 11) is 0. The molecule has 0 unspecified atom stereocenters. The molecule has 0 saturated heterocycles. The number of aryl methyl sites for hydroxylation is 2. The van der Waals surface area contributed by atoms with Crippen molar-refractivity contribution in [3.05, 3.63) is 29.3 Å². The first-order chi connectivity index (χ1) is 6.61. The molecule has 3 heteroatoms. The molecule has 0 aliphatic carbocycles. The highest BCUT2D eigenvalue weighted by Gasteiger charge is 2.04. The largest absolute Gasteiger partial charge is 0.488 e. The van der Waals surface area contributed by atoms with E-state index in [0.717, 1.165) is 17.5 Å². The van der Waals surface area contributed by atoms with Crippen molar-refractivity contribution in [1.29, 1.82) is 0 Å². The fraction of sp³-hybridized carbons (Fsp3) is 0.455. The lowest BCUT2D eigenvalue weighted by atomic mass is 10.1. The van der Waals surface area contributed by atoms with Crippen molar-refractivity contribution in [3.63, 3.8) is 0 Å². The third kappa shape index (κ3) is 3.32. The Bertz CT molecular complexity index is 297. The maximum Gasteiger partial charge on any atom is 0.272 e. The van der Waals surface area contributed by atoms with Gasteiger partial charge in [0.1, 0.15) is 12.4 Å². The summed E-state index contributed by atoms with van der Waals surface area (Å²) in [5.74, 6) is 0.530. The van der Waals surface area contributed by atoms with E-state index in [1.54, 1.807) is 12.1 Å². The molecular weight excluding hydrogens is 186 g/mol. The van der Waals surface area contributed by atoms with Gasteiger partial charge in [-0.25, -0.2) is 8.78 Å². The van der Waals surface area contributed by atoms with Gasteiger partial charge in [0, 0.05) is 0 Å². The van der Waals surface area contributed by atoms with Gasteiger partial charge in [-0.1, -0.05) is 13.0 Å². The molecule has 1 aromatic carbocycles. The van der Waals surface area contributed by atoms with Crippen LogP contribution in [0.25, 0.3) is 0 Å². The monoisotopic (exact) mass is 200 g/mol. The third-order valence-electron chi connectivity index (χ3n) is 1.89. The van der Waals surface area contributed by atoms with Gasteiger partial charge in [0.25, 0.3) is 6.43 Å². The van der Waals surface area contributed by atoms with E-state index in [9.17, 15) is 8.78 Å². The van der Waals surface area contributed by atoms with Crippen molar-refractivity contribution in [2.75, 3.05) is 6.61 Å². The maximum absolute atomic E-state index is 11.9. The minimum absolute atomic E-state index is 0.530. The maximum atomic E-state index is 11.9. The van der Waals surface area contributed by atoms with E-state index in [4.69, 9.17) is 4.74 Å². The zero-order chi connectivity index (χ0) is 10.6. The molecule has 0 spiro atoms. The first-order valence-electron chi connectivity index (χ1n) is 4.63. The Morgan fingerprint density at radius 1 is 1.29 bits per heavy atom. The van der Waals surface area contributed by atoms with Gasteiger partial charge >= 0.3 is 0 Å². The average molecular weight is 200 g/mol. The summed E-state index contributed by atoms with van der Waals surface area (Å²) in [5.41, 5.74) is 2.14. The summed E-state index contributed by atoms with van der Waals surface area (Å²) in [6.45, 7) is 3.41. The lowest BCUT2D eigenvalue weighted by molar-refractivity contribution is 0.0818. The van der Waals surface area contributed by atoms with E-state index < -0.39 is 13.0 Å². The Balaban J connectivity index is 2.71. The molecule has 0 N–H and O–H groups in total. The van der Waals surface area contributed by atoms with E-state index in [2.05, 4.69) is 0 Å². The van der Waals surface area contributed by atoms with Gasteiger partial charge in [0.15, 0.2) is 0 Å². The molecule has 0 amide bonds. The lowest BCUT2D eigenvalue weighted by Gasteiger charge is -2.08. The number of benzene rings is 1. The van der Waals surface area contributed by atoms with E-state index >= 15 is 0 Å². The smallest absolute Gasteiger partial charge is 0.272 e. The molecule has 0 radical (unpaired) electrons. The second kappa shape index (κ2) is 4.94. The molecule has 0 aliphatic heterocycles. The fourth-order valence-corrected chi connectivity index (χ4v) is 1.27. The van der Waals surface area contributed by atoms with Crippen LogP contribution >= 0.6 is 0 Å². The van der Waals surface area contributed by atoms with Crippen LogP contribution in [0, 0.1) is 6.92 Å². The minimum Gasteiger partial charge on any atom is -0.488 e. The van der Waals surface area contributed by atoms with Crippen molar-refractivity contribution in [2.45, 2.75) is 26.7 Å². The van der Waals surface area contributed by atoms with Crippen LogP contribution in [0.5, 0.6) is 5.75 Å². The molecule has 0 bridgehead atoms. The first kappa shape index (κ1) is 11.0. The molecule has 0 aliphatic rings. The Hall–Kier alpha value is -1.12. The molecule has 0 atom stereocenters. The average Bonchev–Trinajstić information content (AvgIpc) is 2.14. The molecule has 0 saturated carbocycles. The molecule has 1 rings (SSSR count). The Morgan fingerprint density at radius 3 is 2.57 bits per heavy atom. The van der Waals surface area contributed by atoms with Crippen molar-refractivity contribution >= 4 is 0 Å². The van der Waals surface area contributed by atoms with Gasteiger partial charge in [0.2, 0.25) is 0 Å². The Labute approximate surface area is 82.7 Å². The van der Waals surface area contributed by atoms with Crippen molar-refractivity contribution in [3.8, 4) is 5.75 Å². The Kier molecular flexibility index (Phi) is 3.86. The Morgan fingerprint density at radius 2 is 2.00 bits per heavy atom. The second-order valence-electron chi connectivity index (χ2n) is 3.21. The van der Waals surface area contributed by atoms with E-state index in [0.29, 0.717) is 5.75 Å².